The Kier molecular flexibility index (Phi) is 11.5. The first-order chi connectivity index (χ1) is 22.8. The number of alkyl halides is 3. The van der Waals surface area contributed by atoms with Gasteiger partial charge in [-0.25, -0.2) is 18.0 Å². The SMILES string of the molecule is CS(=O)N(C(=O)Cl)c1nn(CC(F)(F)F)c2c(-c3ccc(C#CC(C)(C)S(C)=O)nc3C(Cc3cc(F)cc(F)c3)NC=O)ccc(Cl)c12. The van der Waals surface area contributed by atoms with Gasteiger partial charge in [-0.2, -0.15) is 22.6 Å². The van der Waals surface area contributed by atoms with Gasteiger partial charge in [-0.05, 0) is 73.7 Å². The van der Waals surface area contributed by atoms with Crippen LogP contribution in [-0.2, 0) is 39.5 Å². The van der Waals surface area contributed by atoms with Gasteiger partial charge in [0.25, 0.3) is 0 Å². The molecule has 0 spiro atoms. The van der Waals surface area contributed by atoms with E-state index in [1.807, 2.05) is 0 Å². The quantitative estimate of drug-likeness (QED) is 0.0642. The van der Waals surface area contributed by atoms with Crippen LogP contribution in [0, 0.1) is 23.5 Å². The molecule has 4 aromatic rings. The molecule has 2 amide bonds. The molecule has 2 heterocycles. The normalized spacial score (nSPS) is 13.7. The zero-order chi connectivity index (χ0) is 36.4. The fourth-order valence-corrected chi connectivity index (χ4v) is 6.19. The largest absolute Gasteiger partial charge is 0.408 e. The number of carbonyl (C=O) groups excluding carboxylic acids is 2. The van der Waals surface area contributed by atoms with Crippen LogP contribution in [0.1, 0.15) is 36.8 Å². The van der Waals surface area contributed by atoms with E-state index in [2.05, 4.69) is 27.2 Å². The van der Waals surface area contributed by atoms with Gasteiger partial charge in [0, 0.05) is 40.5 Å². The number of nitrogens with zero attached hydrogens (tertiary/aromatic N) is 4. The van der Waals surface area contributed by atoms with Crippen LogP contribution in [0.5, 0.6) is 0 Å². The Hall–Kier alpha value is -3.91. The minimum absolute atomic E-state index is 0.00766. The number of rotatable bonds is 10. The van der Waals surface area contributed by atoms with Crippen LogP contribution >= 0.6 is 23.2 Å². The Labute approximate surface area is 292 Å². The third-order valence-electron chi connectivity index (χ3n) is 7.15. The van der Waals surface area contributed by atoms with Crippen LogP contribution in [0.4, 0.5) is 32.6 Å². The standard InChI is InChI=1S/C31H26Cl2F5N5O4S2/c1-30(2,48(3)46)10-9-20-5-6-21(26(40-20)24(39-16-44)13-17-11-18(34)14-19(35)12-17)22-7-8-23(32)25-27(22)42(15-31(36,37)38)41-28(25)43(29(33)45)49(4)47/h5-8,11-12,14,16,24H,13,15H2,1-4H3,(H,39,44). The van der Waals surface area contributed by atoms with Crippen molar-refractivity contribution >= 4 is 73.5 Å². The van der Waals surface area contributed by atoms with Gasteiger partial charge in [0.2, 0.25) is 6.41 Å². The maximum absolute atomic E-state index is 14.2. The molecule has 2 aromatic heterocycles. The Bertz CT molecular complexity index is 2030. The zero-order valence-electron chi connectivity index (χ0n) is 26.0. The zero-order valence-corrected chi connectivity index (χ0v) is 29.1. The van der Waals surface area contributed by atoms with E-state index in [9.17, 15) is 40.0 Å². The number of halogens is 7. The van der Waals surface area contributed by atoms with E-state index < -0.39 is 68.1 Å². The summed E-state index contributed by atoms with van der Waals surface area (Å²) >= 11 is 12.1. The van der Waals surface area contributed by atoms with Crippen molar-refractivity contribution in [2.24, 2.45) is 0 Å². The molecule has 0 radical (unpaired) electrons. The first-order valence-electron chi connectivity index (χ1n) is 13.9. The van der Waals surface area contributed by atoms with Gasteiger partial charge in [0.05, 0.1) is 27.7 Å². The van der Waals surface area contributed by atoms with Crippen molar-refractivity contribution in [3.05, 3.63) is 76.1 Å². The molecule has 2 aromatic carbocycles. The third-order valence-corrected chi connectivity index (χ3v) is 10.1. The smallest absolute Gasteiger partial charge is 0.350 e. The van der Waals surface area contributed by atoms with E-state index in [0.29, 0.717) is 21.5 Å². The lowest BCUT2D eigenvalue weighted by Crippen LogP contribution is -2.28. The number of nitrogens with one attached hydrogen (secondary N) is 1. The van der Waals surface area contributed by atoms with Crippen LogP contribution in [0.25, 0.3) is 22.0 Å². The molecule has 260 valence electrons. The second kappa shape index (κ2) is 14.9. The highest BCUT2D eigenvalue weighted by Crippen LogP contribution is 2.42. The predicted octanol–water partition coefficient (Wildman–Crippen LogP) is 6.59. The topological polar surface area (TPSA) is 114 Å². The number of benzene rings is 2. The summed E-state index contributed by atoms with van der Waals surface area (Å²) in [5, 5.41) is 4.84. The Morgan fingerprint density at radius 3 is 2.27 bits per heavy atom. The van der Waals surface area contributed by atoms with Gasteiger partial charge in [0.1, 0.15) is 39.6 Å². The molecule has 0 aliphatic heterocycles. The molecule has 0 aliphatic rings. The Morgan fingerprint density at radius 2 is 1.71 bits per heavy atom. The number of fused-ring (bicyclic) bond motifs is 1. The lowest BCUT2D eigenvalue weighted by Gasteiger charge is -2.21. The fourth-order valence-electron chi connectivity index (χ4n) is 4.82. The number of hydrogen-bond donors (Lipinski definition) is 1. The highest BCUT2D eigenvalue weighted by molar-refractivity contribution is 7.86. The Morgan fingerprint density at radius 1 is 1.08 bits per heavy atom. The summed E-state index contributed by atoms with van der Waals surface area (Å²) in [6.07, 6.45) is -2.23. The molecule has 0 fully saturated rings. The van der Waals surface area contributed by atoms with Crippen LogP contribution in [-0.4, -0.2) is 58.4 Å². The van der Waals surface area contributed by atoms with Gasteiger partial charge in [-0.15, -0.1) is 0 Å². The second-order valence-corrected chi connectivity index (χ2v) is 14.9. The fraction of sp³-hybridized carbons (Fsp3) is 0.290. The van der Waals surface area contributed by atoms with E-state index in [1.165, 1.54) is 30.5 Å². The van der Waals surface area contributed by atoms with Gasteiger partial charge in [-0.1, -0.05) is 23.6 Å². The molecule has 0 saturated heterocycles. The average Bonchev–Trinajstić information content (AvgIpc) is 3.32. The summed E-state index contributed by atoms with van der Waals surface area (Å²) < 4.78 is 94.8. The van der Waals surface area contributed by atoms with Gasteiger partial charge in [0.15, 0.2) is 5.82 Å². The van der Waals surface area contributed by atoms with Crippen molar-refractivity contribution in [1.29, 1.82) is 0 Å². The maximum Gasteiger partial charge on any atom is 0.408 e. The van der Waals surface area contributed by atoms with Crippen molar-refractivity contribution in [3.63, 3.8) is 0 Å². The van der Waals surface area contributed by atoms with E-state index in [-0.39, 0.29) is 50.4 Å². The molecule has 3 atom stereocenters. The number of hydrogen-bond acceptors (Lipinski definition) is 6. The maximum atomic E-state index is 14.2. The molecule has 0 saturated carbocycles. The summed E-state index contributed by atoms with van der Waals surface area (Å²) in [5.74, 6) is 3.40. The predicted molar refractivity (Wildman–Crippen MR) is 179 cm³/mol. The van der Waals surface area contributed by atoms with Gasteiger partial charge < -0.3 is 5.32 Å². The van der Waals surface area contributed by atoms with Gasteiger partial charge in [-0.3, -0.25) is 18.5 Å². The summed E-state index contributed by atoms with van der Waals surface area (Å²) in [6.45, 7) is 1.61. The Balaban J connectivity index is 2.10. The number of aromatic nitrogens is 3. The number of carbonyl (C=O) groups is 2. The van der Waals surface area contributed by atoms with Crippen LogP contribution in [0.2, 0.25) is 5.02 Å². The number of pyridine rings is 1. The second-order valence-electron chi connectivity index (χ2n) is 11.0. The molecule has 9 nitrogen and oxygen atoms in total. The number of amides is 2. The average molecular weight is 763 g/mol. The van der Waals surface area contributed by atoms with Crippen LogP contribution in [0.3, 0.4) is 0 Å². The van der Waals surface area contributed by atoms with E-state index in [4.69, 9.17) is 23.2 Å². The summed E-state index contributed by atoms with van der Waals surface area (Å²) in [6, 6.07) is 7.14. The van der Waals surface area contributed by atoms with E-state index in [1.54, 1.807) is 13.8 Å². The molecule has 3 unspecified atom stereocenters. The van der Waals surface area contributed by atoms with E-state index in [0.717, 1.165) is 18.4 Å². The molecule has 1 N–H and O–H groups in total. The van der Waals surface area contributed by atoms with Crippen molar-refractivity contribution < 1.29 is 40.0 Å². The summed E-state index contributed by atoms with van der Waals surface area (Å²) in [4.78, 5) is 28.8. The molecule has 18 heteroatoms. The third kappa shape index (κ3) is 8.82. The van der Waals surface area contributed by atoms with Crippen molar-refractivity contribution in [3.8, 4) is 23.0 Å². The molecular formula is C31H26Cl2F5N5O4S2. The van der Waals surface area contributed by atoms with Gasteiger partial charge >= 0.3 is 11.5 Å². The summed E-state index contributed by atoms with van der Waals surface area (Å²) in [5.41, 5.74) is 0.0863. The highest BCUT2D eigenvalue weighted by atomic mass is 35.5. The first-order valence-corrected chi connectivity index (χ1v) is 17.8. The van der Waals surface area contributed by atoms with Crippen molar-refractivity contribution in [2.45, 2.75) is 43.8 Å². The van der Waals surface area contributed by atoms with Crippen molar-refractivity contribution in [2.75, 3.05) is 16.8 Å². The lowest BCUT2D eigenvalue weighted by molar-refractivity contribution is -0.141. The highest BCUT2D eigenvalue weighted by Gasteiger charge is 2.34. The summed E-state index contributed by atoms with van der Waals surface area (Å²) in [7, 11) is -3.56. The van der Waals surface area contributed by atoms with Crippen LogP contribution < -0.4 is 9.62 Å². The van der Waals surface area contributed by atoms with Crippen molar-refractivity contribution in [1.82, 2.24) is 20.1 Å². The molecule has 4 rings (SSSR count). The number of anilines is 1. The molecule has 0 bridgehead atoms. The molecule has 49 heavy (non-hydrogen) atoms. The minimum atomic E-state index is -4.84. The first kappa shape index (κ1) is 37.9. The minimum Gasteiger partial charge on any atom is -0.350 e. The molecular weight excluding hydrogens is 736 g/mol. The molecule has 0 aliphatic carbocycles. The van der Waals surface area contributed by atoms with Crippen LogP contribution in [0.15, 0.2) is 42.5 Å². The monoisotopic (exact) mass is 761 g/mol. The lowest BCUT2D eigenvalue weighted by atomic mass is 9.94. The van der Waals surface area contributed by atoms with E-state index >= 15 is 0 Å².